The monoisotopic (exact) mass is 588 g/mol. The van der Waals surface area contributed by atoms with E-state index in [1.54, 1.807) is 11.0 Å². The van der Waals surface area contributed by atoms with Crippen LogP contribution in [-0.4, -0.2) is 59.6 Å². The van der Waals surface area contributed by atoms with Gasteiger partial charge in [0, 0.05) is 36.7 Å². The Morgan fingerprint density at radius 1 is 1.19 bits per heavy atom. The van der Waals surface area contributed by atoms with E-state index in [1.165, 1.54) is 30.6 Å². The Morgan fingerprint density at radius 3 is 2.79 bits per heavy atom. The first-order chi connectivity index (χ1) is 20.3. The first-order valence-electron chi connectivity index (χ1n) is 14.0. The van der Waals surface area contributed by atoms with Gasteiger partial charge in [-0.3, -0.25) is 19.5 Å². The van der Waals surface area contributed by atoms with Crippen LogP contribution in [0.5, 0.6) is 5.75 Å². The number of amidine groups is 1. The zero-order valence-corrected chi connectivity index (χ0v) is 24.2. The molecule has 1 N–H and O–H groups in total. The van der Waals surface area contributed by atoms with Crippen molar-refractivity contribution >= 4 is 45.4 Å². The molecule has 0 radical (unpaired) electrons. The zero-order valence-electron chi connectivity index (χ0n) is 23.4. The van der Waals surface area contributed by atoms with E-state index in [2.05, 4.69) is 27.5 Å². The van der Waals surface area contributed by atoms with Gasteiger partial charge in [-0.1, -0.05) is 28.6 Å². The summed E-state index contributed by atoms with van der Waals surface area (Å²) in [7, 11) is 1.41. The van der Waals surface area contributed by atoms with Gasteiger partial charge in [-0.05, 0) is 50.5 Å². The minimum Gasteiger partial charge on any atom is -0.494 e. The highest BCUT2D eigenvalue weighted by Crippen LogP contribution is 2.41. The number of piperidine rings is 1. The molecule has 12 heteroatoms. The molecule has 2 amide bonds. The number of carbonyl (C=O) groups is 2. The van der Waals surface area contributed by atoms with E-state index in [4.69, 9.17) is 19.2 Å². The average molecular weight is 589 g/mol. The minimum atomic E-state index is -0.542. The molecule has 1 aromatic carbocycles. The number of benzene rings is 1. The predicted octanol–water partition coefficient (Wildman–Crippen LogP) is 4.38. The summed E-state index contributed by atoms with van der Waals surface area (Å²) >= 11 is 1.34. The molecular formula is C30H29FN6O4S. The lowest BCUT2D eigenvalue weighted by Gasteiger charge is -2.39. The second kappa shape index (κ2) is 10.2. The lowest BCUT2D eigenvalue weighted by molar-refractivity contribution is -0.119. The molecule has 5 heterocycles. The third kappa shape index (κ3) is 4.23. The van der Waals surface area contributed by atoms with E-state index in [0.717, 1.165) is 28.3 Å². The molecule has 1 aliphatic carbocycles. The number of allylic oxidation sites excluding steroid dienone is 2. The number of aromatic nitrogens is 2. The van der Waals surface area contributed by atoms with Crippen LogP contribution in [0.1, 0.15) is 51.6 Å². The van der Waals surface area contributed by atoms with Crippen molar-refractivity contribution in [3.8, 4) is 5.75 Å². The zero-order chi connectivity index (χ0) is 29.1. The third-order valence-corrected chi connectivity index (χ3v) is 9.32. The molecule has 3 aliphatic heterocycles. The summed E-state index contributed by atoms with van der Waals surface area (Å²) in [6.45, 7) is 4.34. The van der Waals surface area contributed by atoms with Gasteiger partial charge in [0.25, 0.3) is 5.91 Å². The van der Waals surface area contributed by atoms with E-state index in [9.17, 15) is 14.0 Å². The summed E-state index contributed by atoms with van der Waals surface area (Å²) in [5.41, 5.74) is 3.90. The first-order valence-corrected chi connectivity index (χ1v) is 14.8. The van der Waals surface area contributed by atoms with Crippen LogP contribution in [-0.2, 0) is 11.2 Å². The van der Waals surface area contributed by atoms with E-state index in [-0.39, 0.29) is 29.6 Å². The second-order valence-corrected chi connectivity index (χ2v) is 11.8. The van der Waals surface area contributed by atoms with E-state index < -0.39 is 11.9 Å². The van der Waals surface area contributed by atoms with Gasteiger partial charge in [-0.25, -0.2) is 9.37 Å². The number of fused-ring (bicyclic) bond motifs is 2. The Balaban J connectivity index is 1.34. The highest BCUT2D eigenvalue weighted by atomic mass is 32.1. The molecule has 2 aromatic heterocycles. The van der Waals surface area contributed by atoms with E-state index in [1.807, 2.05) is 19.9 Å². The van der Waals surface area contributed by atoms with Gasteiger partial charge in [0.2, 0.25) is 5.91 Å². The first kappa shape index (κ1) is 26.6. The number of amides is 2. The average Bonchev–Trinajstić information content (AvgIpc) is 3.67. The van der Waals surface area contributed by atoms with Crippen molar-refractivity contribution in [3.63, 3.8) is 0 Å². The van der Waals surface area contributed by atoms with Gasteiger partial charge in [0.1, 0.15) is 16.5 Å². The fraction of sp³-hybridized carbons (Fsp3) is 0.367. The number of nitrogens with zero attached hydrogens (tertiary/aromatic N) is 5. The molecule has 0 bridgehead atoms. The van der Waals surface area contributed by atoms with Gasteiger partial charge < -0.3 is 19.5 Å². The molecule has 3 aromatic rings. The van der Waals surface area contributed by atoms with Gasteiger partial charge >= 0.3 is 0 Å². The summed E-state index contributed by atoms with van der Waals surface area (Å²) < 4.78 is 25.4. The topological polar surface area (TPSA) is 113 Å². The third-order valence-electron chi connectivity index (χ3n) is 8.23. The van der Waals surface area contributed by atoms with Crippen LogP contribution < -0.4 is 19.9 Å². The number of anilines is 2. The van der Waals surface area contributed by atoms with Crippen LogP contribution in [0.4, 0.5) is 15.2 Å². The van der Waals surface area contributed by atoms with Gasteiger partial charge in [-0.15, -0.1) is 0 Å². The molecule has 1 fully saturated rings. The van der Waals surface area contributed by atoms with Crippen LogP contribution >= 0.6 is 11.3 Å². The van der Waals surface area contributed by atoms with Gasteiger partial charge in [-0.2, -0.15) is 0 Å². The molecule has 7 rings (SSSR count). The molecule has 0 saturated carbocycles. The summed E-state index contributed by atoms with van der Waals surface area (Å²) in [5, 5.41) is 7.67. The maximum Gasteiger partial charge on any atom is 0.263 e. The number of ether oxygens (including phenoxy) is 1. The molecule has 10 nitrogen and oxygen atoms in total. The van der Waals surface area contributed by atoms with Crippen LogP contribution in [0.15, 0.2) is 45.9 Å². The number of methoxy groups -OCH3 is 1. The van der Waals surface area contributed by atoms with E-state index in [0.29, 0.717) is 53.8 Å². The SMILES string of the molecule is COc1ccc(N2C(=O)CCC[C@H]2C2=NC3C=C(c4c(C)noc4C)C=CC3N2c2nc3c(s2)C(=O)NCC3)cc1F. The summed E-state index contributed by atoms with van der Waals surface area (Å²) in [4.78, 5) is 40.6. The van der Waals surface area contributed by atoms with Crippen molar-refractivity contribution in [3.05, 3.63) is 69.8 Å². The normalized spacial score (nSPS) is 23.4. The highest BCUT2D eigenvalue weighted by Gasteiger charge is 2.45. The molecule has 4 aliphatic rings. The van der Waals surface area contributed by atoms with Crippen molar-refractivity contribution in [2.24, 2.45) is 4.99 Å². The largest absolute Gasteiger partial charge is 0.494 e. The smallest absolute Gasteiger partial charge is 0.263 e. The van der Waals surface area contributed by atoms with Crippen molar-refractivity contribution in [2.75, 3.05) is 23.5 Å². The summed E-state index contributed by atoms with van der Waals surface area (Å²) in [6.07, 6.45) is 8.55. The van der Waals surface area contributed by atoms with Gasteiger partial charge in [0.15, 0.2) is 16.7 Å². The van der Waals surface area contributed by atoms with Crippen molar-refractivity contribution in [1.29, 1.82) is 0 Å². The Morgan fingerprint density at radius 2 is 2.05 bits per heavy atom. The number of aliphatic imine (C=N–C) groups is 1. The Kier molecular flexibility index (Phi) is 6.45. The maximum atomic E-state index is 14.9. The Bertz CT molecular complexity index is 1690. The maximum absolute atomic E-state index is 14.9. The van der Waals surface area contributed by atoms with Crippen LogP contribution in [0.3, 0.4) is 0 Å². The standard InChI is InChI=1S/C30H29FN6O4S/c1-15-26(16(2)41-35-15)17-7-9-22-21(13-17)33-28(37(22)30-34-20-11-12-32-29(39)27(20)42-30)23-5-4-6-25(38)36(23)18-8-10-24(40-3)19(31)14-18/h7-10,13-14,21-23H,4-6,11-12H2,1-3H3,(H,32,39)/t21?,22?,23-/m0/s1. The number of halogens is 1. The van der Waals surface area contributed by atoms with Crippen molar-refractivity contribution < 1.29 is 23.2 Å². The number of hydrogen-bond donors (Lipinski definition) is 1. The van der Waals surface area contributed by atoms with Gasteiger partial charge in [0.05, 0.1) is 36.6 Å². The summed E-state index contributed by atoms with van der Waals surface area (Å²) in [5.74, 6) is 0.733. The van der Waals surface area contributed by atoms with Crippen LogP contribution in [0.2, 0.25) is 0 Å². The number of hydrogen-bond acceptors (Lipinski definition) is 9. The summed E-state index contributed by atoms with van der Waals surface area (Å²) in [6, 6.07) is 3.62. The van der Waals surface area contributed by atoms with Crippen LogP contribution in [0.25, 0.3) is 5.57 Å². The lowest BCUT2D eigenvalue weighted by atomic mass is 9.93. The quantitative estimate of drug-likeness (QED) is 0.471. The highest BCUT2D eigenvalue weighted by molar-refractivity contribution is 7.17. The number of aryl methyl sites for hydroxylation is 2. The Hall–Kier alpha value is -4.32. The molecular weight excluding hydrogens is 559 g/mol. The lowest BCUT2D eigenvalue weighted by Crippen LogP contribution is -2.54. The van der Waals surface area contributed by atoms with Crippen molar-refractivity contribution in [1.82, 2.24) is 15.5 Å². The molecule has 42 heavy (non-hydrogen) atoms. The second-order valence-electron chi connectivity index (χ2n) is 10.8. The molecule has 3 atom stereocenters. The van der Waals surface area contributed by atoms with Crippen molar-refractivity contribution in [2.45, 2.75) is 57.7 Å². The minimum absolute atomic E-state index is 0.103. The molecule has 0 spiro atoms. The fourth-order valence-corrected chi connectivity index (χ4v) is 7.40. The Labute approximate surface area is 245 Å². The predicted molar refractivity (Wildman–Crippen MR) is 157 cm³/mol. The molecule has 1 saturated heterocycles. The van der Waals surface area contributed by atoms with Crippen LogP contribution in [0, 0.1) is 19.7 Å². The number of nitrogens with one attached hydrogen (secondary N) is 1. The fourth-order valence-electron chi connectivity index (χ4n) is 6.32. The molecule has 216 valence electrons. The number of carbonyl (C=O) groups excluding carboxylic acids is 2. The number of rotatable bonds is 5. The van der Waals surface area contributed by atoms with E-state index >= 15 is 0 Å². The molecule has 2 unspecified atom stereocenters. The number of thiazole rings is 1.